The Morgan fingerprint density at radius 2 is 2.31 bits per heavy atom. The van der Waals surface area contributed by atoms with Gasteiger partial charge in [-0.25, -0.2) is 9.78 Å². The average molecular weight is 236 g/mol. The predicted octanol–water partition coefficient (Wildman–Crippen LogP) is 2.31. The molecule has 16 heavy (non-hydrogen) atoms. The monoisotopic (exact) mass is 236 g/mol. The normalized spacial score (nSPS) is 10.6. The van der Waals surface area contributed by atoms with Crippen molar-refractivity contribution in [1.82, 2.24) is 9.55 Å². The molecule has 0 atom stereocenters. The van der Waals surface area contributed by atoms with E-state index in [-0.39, 0.29) is 0 Å². The maximum Gasteiger partial charge on any atom is 0.337 e. The van der Waals surface area contributed by atoms with E-state index in [0.717, 1.165) is 17.1 Å². The van der Waals surface area contributed by atoms with Crippen LogP contribution in [0, 0.1) is 13.8 Å². The second-order valence-electron chi connectivity index (χ2n) is 3.66. The van der Waals surface area contributed by atoms with Crippen molar-refractivity contribution in [3.63, 3.8) is 0 Å². The van der Waals surface area contributed by atoms with Gasteiger partial charge in [-0.1, -0.05) is 0 Å². The fourth-order valence-electron chi connectivity index (χ4n) is 1.74. The van der Waals surface area contributed by atoms with E-state index in [4.69, 9.17) is 5.11 Å². The summed E-state index contributed by atoms with van der Waals surface area (Å²) in [5.74, 6) is -0.877. The molecule has 0 bridgehead atoms. The first-order chi connectivity index (χ1) is 7.59. The Hall–Kier alpha value is -1.62. The average Bonchev–Trinajstić information content (AvgIpc) is 2.81. The lowest BCUT2D eigenvalue weighted by molar-refractivity contribution is 0.0696. The van der Waals surface area contributed by atoms with Crippen LogP contribution in [0.5, 0.6) is 0 Å². The van der Waals surface area contributed by atoms with Crippen LogP contribution in [-0.2, 0) is 6.54 Å². The number of carbonyl (C=O) groups is 1. The van der Waals surface area contributed by atoms with Gasteiger partial charge < -0.3 is 9.67 Å². The predicted molar refractivity (Wildman–Crippen MR) is 62.1 cm³/mol. The molecule has 2 aromatic rings. The molecule has 0 radical (unpaired) electrons. The summed E-state index contributed by atoms with van der Waals surface area (Å²) >= 11 is 1.54. The van der Waals surface area contributed by atoms with Gasteiger partial charge >= 0.3 is 5.97 Å². The van der Waals surface area contributed by atoms with Crippen molar-refractivity contribution >= 4 is 17.3 Å². The van der Waals surface area contributed by atoms with Gasteiger partial charge in [-0.15, -0.1) is 11.3 Å². The molecule has 2 heterocycles. The number of hydrogen-bond donors (Lipinski definition) is 1. The lowest BCUT2D eigenvalue weighted by Gasteiger charge is -2.06. The Bertz CT molecular complexity index is 514. The van der Waals surface area contributed by atoms with E-state index in [1.54, 1.807) is 22.9 Å². The highest BCUT2D eigenvalue weighted by molar-refractivity contribution is 7.07. The van der Waals surface area contributed by atoms with Crippen LogP contribution in [-0.4, -0.2) is 20.6 Å². The summed E-state index contributed by atoms with van der Waals surface area (Å²) in [6.07, 6.45) is 0. The van der Waals surface area contributed by atoms with E-state index in [9.17, 15) is 4.79 Å². The second kappa shape index (κ2) is 4.09. The summed E-state index contributed by atoms with van der Waals surface area (Å²) in [4.78, 5) is 15.2. The number of aryl methyl sites for hydroxylation is 1. The Morgan fingerprint density at radius 3 is 2.81 bits per heavy atom. The minimum absolute atomic E-state index is 0.368. The molecular weight excluding hydrogens is 224 g/mol. The van der Waals surface area contributed by atoms with Crippen LogP contribution in [0.2, 0.25) is 0 Å². The summed E-state index contributed by atoms with van der Waals surface area (Å²) in [7, 11) is 0. The van der Waals surface area contributed by atoms with Crippen LogP contribution in [0.15, 0.2) is 17.0 Å². The third kappa shape index (κ3) is 1.86. The smallest absolute Gasteiger partial charge is 0.337 e. The van der Waals surface area contributed by atoms with Gasteiger partial charge in [0.1, 0.15) is 0 Å². The van der Waals surface area contributed by atoms with E-state index in [1.807, 2.05) is 23.8 Å². The molecule has 1 N–H and O–H groups in total. The van der Waals surface area contributed by atoms with Gasteiger partial charge in [0.05, 0.1) is 23.3 Å². The molecule has 0 unspecified atom stereocenters. The fourth-order valence-corrected chi connectivity index (χ4v) is 2.29. The number of carboxylic acid groups (broad SMARTS) is 1. The summed E-state index contributed by atoms with van der Waals surface area (Å²) < 4.78 is 1.97. The highest BCUT2D eigenvalue weighted by Gasteiger charge is 2.14. The molecule has 0 aromatic carbocycles. The van der Waals surface area contributed by atoms with Crippen molar-refractivity contribution in [3.8, 4) is 0 Å². The Balaban J connectivity index is 2.38. The van der Waals surface area contributed by atoms with Gasteiger partial charge in [0.2, 0.25) is 0 Å². The Labute approximate surface area is 97.2 Å². The third-order valence-corrected chi connectivity index (χ3v) is 3.24. The van der Waals surface area contributed by atoms with Crippen molar-refractivity contribution in [2.75, 3.05) is 0 Å². The van der Waals surface area contributed by atoms with Gasteiger partial charge in [0.15, 0.2) is 0 Å². The molecule has 4 nitrogen and oxygen atoms in total. The molecule has 0 spiro atoms. The molecule has 0 fully saturated rings. The fraction of sp³-hybridized carbons (Fsp3) is 0.273. The highest BCUT2D eigenvalue weighted by atomic mass is 32.1. The summed E-state index contributed by atoms with van der Waals surface area (Å²) in [6.45, 7) is 4.36. The van der Waals surface area contributed by atoms with E-state index in [2.05, 4.69) is 4.98 Å². The van der Waals surface area contributed by atoms with Crippen LogP contribution in [0.1, 0.15) is 27.4 Å². The number of thiazole rings is 1. The molecule has 0 aliphatic heterocycles. The third-order valence-electron chi connectivity index (χ3n) is 2.61. The molecule has 0 aliphatic rings. The first-order valence-electron chi connectivity index (χ1n) is 4.86. The minimum atomic E-state index is -0.877. The number of carboxylic acids is 1. The standard InChI is InChI=1S/C11H12N2O2S/c1-7-3-10(11(14)15)8(2)13(7)4-9-5-16-6-12-9/h3,5-6H,4H2,1-2H3,(H,14,15). The molecule has 5 heteroatoms. The van der Waals surface area contributed by atoms with Crippen LogP contribution < -0.4 is 0 Å². The zero-order valence-electron chi connectivity index (χ0n) is 9.10. The number of nitrogens with zero attached hydrogens (tertiary/aromatic N) is 2. The summed E-state index contributed by atoms with van der Waals surface area (Å²) in [6, 6.07) is 1.70. The maximum absolute atomic E-state index is 11.0. The first kappa shape index (κ1) is 10.9. The quantitative estimate of drug-likeness (QED) is 0.889. The van der Waals surface area contributed by atoms with Crippen LogP contribution in [0.4, 0.5) is 0 Å². The van der Waals surface area contributed by atoms with Gasteiger partial charge in [-0.05, 0) is 19.9 Å². The van der Waals surface area contributed by atoms with E-state index in [1.165, 1.54) is 0 Å². The highest BCUT2D eigenvalue weighted by Crippen LogP contribution is 2.17. The Kier molecular flexibility index (Phi) is 2.78. The van der Waals surface area contributed by atoms with Gasteiger partial charge in [0.25, 0.3) is 0 Å². The van der Waals surface area contributed by atoms with Crippen LogP contribution in [0.25, 0.3) is 0 Å². The van der Waals surface area contributed by atoms with Gasteiger partial charge in [0, 0.05) is 16.8 Å². The minimum Gasteiger partial charge on any atom is -0.478 e. The van der Waals surface area contributed by atoms with Crippen molar-refractivity contribution in [2.45, 2.75) is 20.4 Å². The Morgan fingerprint density at radius 1 is 1.56 bits per heavy atom. The van der Waals surface area contributed by atoms with E-state index >= 15 is 0 Å². The van der Waals surface area contributed by atoms with Crippen molar-refractivity contribution in [2.24, 2.45) is 0 Å². The van der Waals surface area contributed by atoms with E-state index in [0.29, 0.717) is 12.1 Å². The van der Waals surface area contributed by atoms with Gasteiger partial charge in [-0.2, -0.15) is 0 Å². The summed E-state index contributed by atoms with van der Waals surface area (Å²) in [5, 5.41) is 11.0. The lowest BCUT2D eigenvalue weighted by Crippen LogP contribution is -2.06. The first-order valence-corrected chi connectivity index (χ1v) is 5.81. The lowest BCUT2D eigenvalue weighted by atomic mass is 10.2. The molecule has 2 rings (SSSR count). The van der Waals surface area contributed by atoms with Crippen LogP contribution >= 0.6 is 11.3 Å². The molecule has 84 valence electrons. The summed E-state index contributed by atoms with van der Waals surface area (Å²) in [5.41, 5.74) is 4.83. The number of rotatable bonds is 3. The van der Waals surface area contributed by atoms with Crippen LogP contribution in [0.3, 0.4) is 0 Å². The SMILES string of the molecule is Cc1cc(C(=O)O)c(C)n1Cc1cscn1. The zero-order valence-corrected chi connectivity index (χ0v) is 9.91. The number of aromatic carboxylic acids is 1. The molecule has 0 saturated carbocycles. The largest absolute Gasteiger partial charge is 0.478 e. The van der Waals surface area contributed by atoms with E-state index < -0.39 is 5.97 Å². The molecule has 0 aliphatic carbocycles. The molecule has 0 saturated heterocycles. The van der Waals surface area contributed by atoms with Crippen molar-refractivity contribution in [3.05, 3.63) is 39.6 Å². The van der Waals surface area contributed by atoms with Gasteiger partial charge in [-0.3, -0.25) is 0 Å². The van der Waals surface area contributed by atoms with Crippen molar-refractivity contribution in [1.29, 1.82) is 0 Å². The molecule has 0 amide bonds. The zero-order chi connectivity index (χ0) is 11.7. The maximum atomic E-state index is 11.0. The molecule has 2 aromatic heterocycles. The van der Waals surface area contributed by atoms with Crippen molar-refractivity contribution < 1.29 is 9.90 Å². The number of aromatic nitrogens is 2. The second-order valence-corrected chi connectivity index (χ2v) is 4.37. The number of hydrogen-bond acceptors (Lipinski definition) is 3. The molecular formula is C11H12N2O2S. The topological polar surface area (TPSA) is 55.1 Å².